The van der Waals surface area contributed by atoms with E-state index in [1.54, 1.807) is 13.0 Å². The number of nitrogens with two attached hydrogens (primary N) is 2. The SMILES string of the molecule is Cc1nc(N)ccc1CCC(=O)[C@H](C)NC(=O)[C@@H]1CC[C@H](c2cccc(CN)c2)C1. The number of benzene rings is 1. The van der Waals surface area contributed by atoms with E-state index < -0.39 is 6.04 Å². The normalized spacial score (nSPS) is 19.4. The maximum atomic E-state index is 12.7. The molecule has 0 aliphatic heterocycles. The Morgan fingerprint density at radius 2 is 2.03 bits per heavy atom. The second-order valence-corrected chi connectivity index (χ2v) is 8.33. The van der Waals surface area contributed by atoms with Crippen LogP contribution in [0.5, 0.6) is 0 Å². The maximum Gasteiger partial charge on any atom is 0.223 e. The fourth-order valence-electron chi connectivity index (χ4n) is 4.26. The highest BCUT2D eigenvalue weighted by molar-refractivity contribution is 5.89. The molecule has 1 aromatic carbocycles. The van der Waals surface area contributed by atoms with E-state index in [1.807, 2.05) is 25.1 Å². The molecule has 30 heavy (non-hydrogen) atoms. The quantitative estimate of drug-likeness (QED) is 0.622. The smallest absolute Gasteiger partial charge is 0.223 e. The van der Waals surface area contributed by atoms with E-state index in [1.165, 1.54) is 5.56 Å². The molecule has 6 nitrogen and oxygen atoms in total. The number of rotatable bonds is 8. The second kappa shape index (κ2) is 9.85. The van der Waals surface area contributed by atoms with Crippen molar-refractivity contribution in [2.24, 2.45) is 11.7 Å². The fourth-order valence-corrected chi connectivity index (χ4v) is 4.26. The van der Waals surface area contributed by atoms with Crippen molar-refractivity contribution in [3.05, 3.63) is 58.8 Å². The number of hydrogen-bond acceptors (Lipinski definition) is 5. The molecule has 1 fully saturated rings. The molecule has 160 valence electrons. The molecule has 0 spiro atoms. The van der Waals surface area contributed by atoms with E-state index in [0.29, 0.717) is 31.1 Å². The van der Waals surface area contributed by atoms with Gasteiger partial charge in [0.15, 0.2) is 5.78 Å². The van der Waals surface area contributed by atoms with Crippen LogP contribution in [0, 0.1) is 12.8 Å². The Labute approximate surface area is 178 Å². The van der Waals surface area contributed by atoms with Crippen LogP contribution in [0.1, 0.15) is 60.9 Å². The number of carbonyl (C=O) groups is 2. The third kappa shape index (κ3) is 5.45. The van der Waals surface area contributed by atoms with Gasteiger partial charge in [-0.3, -0.25) is 9.59 Å². The highest BCUT2D eigenvalue weighted by Gasteiger charge is 2.32. The summed E-state index contributed by atoms with van der Waals surface area (Å²) >= 11 is 0. The number of carbonyl (C=O) groups excluding carboxylic acids is 2. The number of anilines is 1. The van der Waals surface area contributed by atoms with Crippen LogP contribution < -0.4 is 16.8 Å². The average molecular weight is 409 g/mol. The third-order valence-corrected chi connectivity index (χ3v) is 6.16. The average Bonchev–Trinajstić information content (AvgIpc) is 3.23. The summed E-state index contributed by atoms with van der Waals surface area (Å²) < 4.78 is 0. The van der Waals surface area contributed by atoms with Crippen molar-refractivity contribution in [3.63, 3.8) is 0 Å². The van der Waals surface area contributed by atoms with E-state index in [9.17, 15) is 9.59 Å². The molecule has 2 aromatic rings. The first-order chi connectivity index (χ1) is 14.4. The van der Waals surface area contributed by atoms with Gasteiger partial charge in [0, 0.05) is 24.6 Å². The van der Waals surface area contributed by atoms with Crippen LogP contribution in [-0.2, 0) is 22.6 Å². The van der Waals surface area contributed by atoms with E-state index in [4.69, 9.17) is 11.5 Å². The maximum absolute atomic E-state index is 12.7. The van der Waals surface area contributed by atoms with Crippen LogP contribution in [0.2, 0.25) is 0 Å². The van der Waals surface area contributed by atoms with Gasteiger partial charge in [-0.1, -0.05) is 30.3 Å². The van der Waals surface area contributed by atoms with Gasteiger partial charge in [0.2, 0.25) is 5.91 Å². The summed E-state index contributed by atoms with van der Waals surface area (Å²) in [5.74, 6) is 0.825. The van der Waals surface area contributed by atoms with E-state index >= 15 is 0 Å². The van der Waals surface area contributed by atoms with Crippen molar-refractivity contribution in [1.82, 2.24) is 10.3 Å². The van der Waals surface area contributed by atoms with Gasteiger partial charge >= 0.3 is 0 Å². The molecule has 6 heteroatoms. The zero-order chi connectivity index (χ0) is 21.7. The van der Waals surface area contributed by atoms with Crippen LogP contribution in [0.4, 0.5) is 5.82 Å². The highest BCUT2D eigenvalue weighted by atomic mass is 16.2. The lowest BCUT2D eigenvalue weighted by molar-refractivity contribution is -0.129. The van der Waals surface area contributed by atoms with Crippen molar-refractivity contribution in [2.75, 3.05) is 5.73 Å². The third-order valence-electron chi connectivity index (χ3n) is 6.16. The van der Waals surface area contributed by atoms with Crippen molar-refractivity contribution in [3.8, 4) is 0 Å². The van der Waals surface area contributed by atoms with Crippen molar-refractivity contribution < 1.29 is 9.59 Å². The Balaban J connectivity index is 1.49. The first kappa shape index (κ1) is 22.0. The standard InChI is InChI=1S/C24H32N4O2/c1-15-18(9-11-23(26)27-15)8-10-22(29)16(2)28-24(30)21-7-6-20(13-21)19-5-3-4-17(12-19)14-25/h3-5,9,11-12,16,20-21H,6-8,10,13-14,25H2,1-2H3,(H2,26,27)(H,28,30)/t16-,20-,21+/m0/s1. The molecule has 0 radical (unpaired) electrons. The van der Waals surface area contributed by atoms with Crippen LogP contribution >= 0.6 is 0 Å². The molecule has 3 atom stereocenters. The van der Waals surface area contributed by atoms with Gasteiger partial charge in [0.1, 0.15) is 5.82 Å². The van der Waals surface area contributed by atoms with Gasteiger partial charge in [-0.05, 0) is 68.2 Å². The van der Waals surface area contributed by atoms with Gasteiger partial charge < -0.3 is 16.8 Å². The summed E-state index contributed by atoms with van der Waals surface area (Å²) in [7, 11) is 0. The van der Waals surface area contributed by atoms with Gasteiger partial charge in [0.25, 0.3) is 0 Å². The number of aryl methyl sites for hydroxylation is 2. The second-order valence-electron chi connectivity index (χ2n) is 8.33. The number of hydrogen-bond donors (Lipinski definition) is 3. The molecule has 1 aromatic heterocycles. The number of pyridine rings is 1. The Bertz CT molecular complexity index is 912. The molecular weight excluding hydrogens is 376 g/mol. The lowest BCUT2D eigenvalue weighted by atomic mass is 9.94. The molecule has 1 saturated carbocycles. The molecule has 1 aliphatic rings. The number of aromatic nitrogens is 1. The van der Waals surface area contributed by atoms with E-state index in [-0.39, 0.29) is 17.6 Å². The number of nitrogens with zero attached hydrogens (tertiary/aromatic N) is 1. The molecule has 0 bridgehead atoms. The summed E-state index contributed by atoms with van der Waals surface area (Å²) in [5, 5.41) is 2.93. The summed E-state index contributed by atoms with van der Waals surface area (Å²) in [6, 6.07) is 11.5. The van der Waals surface area contributed by atoms with Crippen LogP contribution in [0.15, 0.2) is 36.4 Å². The van der Waals surface area contributed by atoms with Crippen molar-refractivity contribution in [2.45, 2.75) is 64.5 Å². The van der Waals surface area contributed by atoms with Gasteiger partial charge in [0.05, 0.1) is 6.04 Å². The zero-order valence-corrected chi connectivity index (χ0v) is 17.9. The van der Waals surface area contributed by atoms with E-state index in [0.717, 1.165) is 36.1 Å². The Hall–Kier alpha value is -2.73. The largest absolute Gasteiger partial charge is 0.384 e. The van der Waals surface area contributed by atoms with E-state index in [2.05, 4.69) is 22.4 Å². The minimum atomic E-state index is -0.487. The lowest BCUT2D eigenvalue weighted by Crippen LogP contribution is -2.41. The molecule has 0 saturated heterocycles. The Kier molecular flexibility index (Phi) is 7.21. The minimum Gasteiger partial charge on any atom is -0.384 e. The van der Waals surface area contributed by atoms with Gasteiger partial charge in [-0.25, -0.2) is 4.98 Å². The van der Waals surface area contributed by atoms with Crippen molar-refractivity contribution >= 4 is 17.5 Å². The lowest BCUT2D eigenvalue weighted by Gasteiger charge is -2.17. The van der Waals surface area contributed by atoms with Gasteiger partial charge in [-0.15, -0.1) is 0 Å². The predicted octanol–water partition coefficient (Wildman–Crippen LogP) is 3.02. The monoisotopic (exact) mass is 408 g/mol. The zero-order valence-electron chi connectivity index (χ0n) is 17.9. The van der Waals surface area contributed by atoms with Crippen LogP contribution in [-0.4, -0.2) is 22.7 Å². The number of amides is 1. The summed E-state index contributed by atoms with van der Waals surface area (Å²) in [4.78, 5) is 29.5. The molecule has 1 amide bonds. The highest BCUT2D eigenvalue weighted by Crippen LogP contribution is 2.38. The van der Waals surface area contributed by atoms with Crippen LogP contribution in [0.25, 0.3) is 0 Å². The molecule has 3 rings (SSSR count). The number of nitrogens with one attached hydrogen (secondary N) is 1. The van der Waals surface area contributed by atoms with Crippen molar-refractivity contribution in [1.29, 1.82) is 0 Å². The molecule has 1 aliphatic carbocycles. The first-order valence-electron chi connectivity index (χ1n) is 10.7. The number of Topliss-reactive ketones (excluding diaryl/α,β-unsaturated/α-hetero) is 1. The molecule has 5 N–H and O–H groups in total. The fraction of sp³-hybridized carbons (Fsp3) is 0.458. The summed E-state index contributed by atoms with van der Waals surface area (Å²) in [6.07, 6.45) is 3.61. The number of ketones is 1. The minimum absolute atomic E-state index is 0.0151. The molecule has 1 heterocycles. The first-order valence-corrected chi connectivity index (χ1v) is 10.7. The molecular formula is C24H32N4O2. The molecule has 0 unspecified atom stereocenters. The summed E-state index contributed by atoms with van der Waals surface area (Å²) in [6.45, 7) is 4.18. The predicted molar refractivity (Wildman–Crippen MR) is 119 cm³/mol. The van der Waals surface area contributed by atoms with Gasteiger partial charge in [-0.2, -0.15) is 0 Å². The Morgan fingerprint density at radius 1 is 1.23 bits per heavy atom. The Morgan fingerprint density at radius 3 is 2.77 bits per heavy atom. The number of nitrogen functional groups attached to an aromatic ring is 1. The van der Waals surface area contributed by atoms with Crippen LogP contribution in [0.3, 0.4) is 0 Å². The topological polar surface area (TPSA) is 111 Å². The summed E-state index contributed by atoms with van der Waals surface area (Å²) in [5.41, 5.74) is 15.6.